The first-order chi connectivity index (χ1) is 12.9. The number of benzene rings is 2. The zero-order chi connectivity index (χ0) is 19.6. The van der Waals surface area contributed by atoms with Gasteiger partial charge in [-0.2, -0.15) is 0 Å². The van der Waals surface area contributed by atoms with Crippen LogP contribution in [0.2, 0.25) is 0 Å². The SMILES string of the molecule is COc1cccc(Oc2cccc(N3C(C)=C(C)C=C(C(=O)O)C3N)c2)c1. The molecule has 6 nitrogen and oxygen atoms in total. The van der Waals surface area contributed by atoms with E-state index in [-0.39, 0.29) is 5.57 Å². The summed E-state index contributed by atoms with van der Waals surface area (Å²) in [4.78, 5) is 13.3. The molecule has 0 aliphatic carbocycles. The van der Waals surface area contributed by atoms with Crippen LogP contribution in [0.5, 0.6) is 17.2 Å². The molecule has 3 N–H and O–H groups in total. The smallest absolute Gasteiger partial charge is 0.335 e. The molecule has 1 aliphatic heterocycles. The molecule has 0 saturated heterocycles. The standard InChI is InChI=1S/C21H22N2O4/c1-13-10-19(21(24)25)20(22)23(14(13)2)15-6-4-8-17(11-15)27-18-9-5-7-16(12-18)26-3/h4-12,20H,22H2,1-3H3,(H,24,25). The van der Waals surface area contributed by atoms with Crippen LogP contribution in [-0.2, 0) is 4.79 Å². The van der Waals surface area contributed by atoms with Gasteiger partial charge in [0, 0.05) is 23.5 Å². The van der Waals surface area contributed by atoms with E-state index in [4.69, 9.17) is 15.2 Å². The molecule has 0 spiro atoms. The molecule has 6 heteroatoms. The maximum absolute atomic E-state index is 11.5. The molecule has 0 radical (unpaired) electrons. The summed E-state index contributed by atoms with van der Waals surface area (Å²) in [6.45, 7) is 3.79. The molecule has 140 valence electrons. The minimum absolute atomic E-state index is 0.150. The van der Waals surface area contributed by atoms with E-state index in [1.54, 1.807) is 24.2 Å². The van der Waals surface area contributed by atoms with Crippen molar-refractivity contribution in [3.8, 4) is 17.2 Å². The number of anilines is 1. The average molecular weight is 366 g/mol. The van der Waals surface area contributed by atoms with E-state index in [9.17, 15) is 9.90 Å². The Labute approximate surface area is 158 Å². The summed E-state index contributed by atoms with van der Waals surface area (Å²) in [5.74, 6) is 0.935. The van der Waals surface area contributed by atoms with Crippen molar-refractivity contribution in [3.63, 3.8) is 0 Å². The van der Waals surface area contributed by atoms with Gasteiger partial charge in [0.15, 0.2) is 0 Å². The minimum Gasteiger partial charge on any atom is -0.497 e. The first-order valence-corrected chi connectivity index (χ1v) is 8.50. The predicted molar refractivity (Wildman–Crippen MR) is 104 cm³/mol. The number of methoxy groups -OCH3 is 1. The molecule has 1 aliphatic rings. The Hall–Kier alpha value is -3.25. The van der Waals surface area contributed by atoms with Crippen LogP contribution < -0.4 is 20.1 Å². The number of allylic oxidation sites excluding steroid dienone is 3. The van der Waals surface area contributed by atoms with E-state index < -0.39 is 12.1 Å². The summed E-state index contributed by atoms with van der Waals surface area (Å²) in [7, 11) is 1.60. The lowest BCUT2D eigenvalue weighted by Gasteiger charge is -2.36. The zero-order valence-electron chi connectivity index (χ0n) is 15.5. The van der Waals surface area contributed by atoms with E-state index in [2.05, 4.69) is 0 Å². The summed E-state index contributed by atoms with van der Waals surface area (Å²) < 4.78 is 11.1. The third-order valence-electron chi connectivity index (χ3n) is 4.52. The lowest BCUT2D eigenvalue weighted by Crippen LogP contribution is -2.46. The van der Waals surface area contributed by atoms with Crippen molar-refractivity contribution in [1.29, 1.82) is 0 Å². The fraction of sp³-hybridized carbons (Fsp3) is 0.190. The van der Waals surface area contributed by atoms with E-state index >= 15 is 0 Å². The van der Waals surface area contributed by atoms with Gasteiger partial charge in [-0.15, -0.1) is 0 Å². The summed E-state index contributed by atoms with van der Waals surface area (Å²) in [5, 5.41) is 9.44. The number of nitrogens with two attached hydrogens (primary N) is 1. The van der Waals surface area contributed by atoms with Gasteiger partial charge in [0.2, 0.25) is 0 Å². The van der Waals surface area contributed by atoms with Crippen LogP contribution in [0.4, 0.5) is 5.69 Å². The second kappa shape index (κ2) is 7.55. The van der Waals surface area contributed by atoms with Crippen molar-refractivity contribution in [2.24, 2.45) is 5.73 Å². The maximum atomic E-state index is 11.5. The summed E-state index contributed by atoms with van der Waals surface area (Å²) in [6, 6.07) is 14.7. The summed E-state index contributed by atoms with van der Waals surface area (Å²) >= 11 is 0. The van der Waals surface area contributed by atoms with Crippen molar-refractivity contribution >= 4 is 11.7 Å². The topological polar surface area (TPSA) is 85.0 Å². The summed E-state index contributed by atoms with van der Waals surface area (Å²) in [6.07, 6.45) is 0.841. The van der Waals surface area contributed by atoms with Crippen LogP contribution in [0.15, 0.2) is 71.5 Å². The first kappa shape index (κ1) is 18.5. The minimum atomic E-state index is -1.02. The molecule has 1 unspecified atom stereocenters. The van der Waals surface area contributed by atoms with Crippen molar-refractivity contribution in [2.45, 2.75) is 20.0 Å². The Morgan fingerprint density at radius 1 is 1.07 bits per heavy atom. The maximum Gasteiger partial charge on any atom is 0.335 e. The lowest BCUT2D eigenvalue weighted by molar-refractivity contribution is -0.132. The summed E-state index contributed by atoms with van der Waals surface area (Å²) in [5.41, 5.74) is 8.89. The van der Waals surface area contributed by atoms with Gasteiger partial charge < -0.3 is 25.2 Å². The Kier molecular flexibility index (Phi) is 5.19. The largest absolute Gasteiger partial charge is 0.497 e. The molecule has 2 aromatic carbocycles. The van der Waals surface area contributed by atoms with Gasteiger partial charge in [0.05, 0.1) is 12.7 Å². The highest BCUT2D eigenvalue weighted by Crippen LogP contribution is 2.33. The molecule has 0 amide bonds. The first-order valence-electron chi connectivity index (χ1n) is 8.50. The van der Waals surface area contributed by atoms with Gasteiger partial charge >= 0.3 is 5.97 Å². The Bertz CT molecular complexity index is 933. The van der Waals surface area contributed by atoms with Crippen LogP contribution in [0.25, 0.3) is 0 Å². The second-order valence-electron chi connectivity index (χ2n) is 6.27. The molecule has 27 heavy (non-hydrogen) atoms. The molecule has 0 saturated carbocycles. The molecule has 0 aromatic heterocycles. The molecular weight excluding hydrogens is 344 g/mol. The number of aliphatic carboxylic acids is 1. The third kappa shape index (κ3) is 3.80. The van der Waals surface area contributed by atoms with Gasteiger partial charge in [-0.25, -0.2) is 4.79 Å². The van der Waals surface area contributed by atoms with Crippen LogP contribution in [0.1, 0.15) is 13.8 Å². The van der Waals surface area contributed by atoms with Gasteiger partial charge in [-0.3, -0.25) is 0 Å². The molecule has 1 heterocycles. The monoisotopic (exact) mass is 366 g/mol. The highest BCUT2D eigenvalue weighted by atomic mass is 16.5. The fourth-order valence-corrected chi connectivity index (χ4v) is 3.00. The molecular formula is C21H22N2O4. The molecule has 0 fully saturated rings. The number of hydrogen-bond acceptors (Lipinski definition) is 5. The number of hydrogen-bond donors (Lipinski definition) is 2. The van der Waals surface area contributed by atoms with Crippen LogP contribution in [0.3, 0.4) is 0 Å². The van der Waals surface area contributed by atoms with Crippen LogP contribution in [0, 0.1) is 0 Å². The molecule has 1 atom stereocenters. The Morgan fingerprint density at radius 2 is 1.70 bits per heavy atom. The van der Waals surface area contributed by atoms with Gasteiger partial charge in [-0.05, 0) is 49.8 Å². The van der Waals surface area contributed by atoms with Crippen molar-refractivity contribution in [1.82, 2.24) is 0 Å². The highest BCUT2D eigenvalue weighted by Gasteiger charge is 2.29. The van der Waals surface area contributed by atoms with Crippen molar-refractivity contribution < 1.29 is 19.4 Å². The fourth-order valence-electron chi connectivity index (χ4n) is 3.00. The van der Waals surface area contributed by atoms with Gasteiger partial charge in [-0.1, -0.05) is 12.1 Å². The van der Waals surface area contributed by atoms with E-state index in [0.717, 1.165) is 17.0 Å². The number of carbonyl (C=O) groups is 1. The molecule has 2 aromatic rings. The molecule has 3 rings (SSSR count). The van der Waals surface area contributed by atoms with Gasteiger partial charge in [0.25, 0.3) is 0 Å². The molecule has 0 bridgehead atoms. The van der Waals surface area contributed by atoms with E-state index in [0.29, 0.717) is 17.2 Å². The van der Waals surface area contributed by atoms with Crippen LogP contribution in [-0.4, -0.2) is 24.4 Å². The average Bonchev–Trinajstić information content (AvgIpc) is 2.65. The van der Waals surface area contributed by atoms with Crippen molar-refractivity contribution in [2.75, 3.05) is 12.0 Å². The number of carboxylic acids is 1. The second-order valence-corrected chi connectivity index (χ2v) is 6.27. The highest BCUT2D eigenvalue weighted by molar-refractivity contribution is 5.90. The number of nitrogens with zero attached hydrogens (tertiary/aromatic N) is 1. The number of carboxylic acid groups (broad SMARTS) is 1. The normalized spacial score (nSPS) is 16.8. The quantitative estimate of drug-likeness (QED) is 0.835. The zero-order valence-corrected chi connectivity index (χ0v) is 15.5. The predicted octanol–water partition coefficient (Wildman–Crippen LogP) is 3.90. The van der Waals surface area contributed by atoms with E-state index in [1.165, 1.54) is 0 Å². The van der Waals surface area contributed by atoms with Crippen LogP contribution >= 0.6 is 0 Å². The van der Waals surface area contributed by atoms with Gasteiger partial charge in [0.1, 0.15) is 23.4 Å². The lowest BCUT2D eigenvalue weighted by atomic mass is 10.0. The Morgan fingerprint density at radius 3 is 2.37 bits per heavy atom. The van der Waals surface area contributed by atoms with Crippen molar-refractivity contribution in [3.05, 3.63) is 71.5 Å². The van der Waals surface area contributed by atoms with E-state index in [1.807, 2.05) is 56.3 Å². The number of ether oxygens (including phenoxy) is 2. The Balaban J connectivity index is 1.93. The third-order valence-corrected chi connectivity index (χ3v) is 4.52. The number of rotatable bonds is 5.